The monoisotopic (exact) mass is 321 g/mol. The predicted octanol–water partition coefficient (Wildman–Crippen LogP) is 1.73. The van der Waals surface area contributed by atoms with Crippen LogP contribution in [-0.4, -0.2) is 31.0 Å². The van der Waals surface area contributed by atoms with Gasteiger partial charge in [0, 0.05) is 44.5 Å². The zero-order chi connectivity index (χ0) is 16.5. The second-order valence-electron chi connectivity index (χ2n) is 6.12. The summed E-state index contributed by atoms with van der Waals surface area (Å²) >= 11 is 0. The van der Waals surface area contributed by atoms with Crippen LogP contribution in [0.5, 0.6) is 0 Å². The van der Waals surface area contributed by atoms with E-state index in [1.54, 1.807) is 6.20 Å². The lowest BCUT2D eigenvalue weighted by Crippen LogP contribution is -2.36. The summed E-state index contributed by atoms with van der Waals surface area (Å²) in [7, 11) is 1.99. The Labute approximate surface area is 139 Å². The molecule has 0 atom stereocenters. The Balaban J connectivity index is 1.61. The first-order valence-corrected chi connectivity index (χ1v) is 8.07. The molecule has 3 heterocycles. The Kier molecular flexibility index (Phi) is 3.74. The summed E-state index contributed by atoms with van der Waals surface area (Å²) in [4.78, 5) is 26.8. The molecule has 1 aromatic carbocycles. The maximum atomic E-state index is 12.5. The van der Waals surface area contributed by atoms with Gasteiger partial charge in [-0.15, -0.1) is 0 Å². The minimum absolute atomic E-state index is 0.0385. The van der Waals surface area contributed by atoms with Crippen LogP contribution in [0, 0.1) is 0 Å². The molecule has 0 unspecified atom stereocenters. The van der Waals surface area contributed by atoms with Crippen LogP contribution in [0.2, 0.25) is 0 Å². The second kappa shape index (κ2) is 6.05. The van der Waals surface area contributed by atoms with E-state index in [1.165, 1.54) is 0 Å². The maximum absolute atomic E-state index is 12.5. The third-order valence-corrected chi connectivity index (χ3v) is 4.48. The number of fused-ring (bicyclic) bond motifs is 1. The first kappa shape index (κ1) is 14.8. The van der Waals surface area contributed by atoms with Crippen LogP contribution >= 0.6 is 0 Å². The molecule has 0 fully saturated rings. The van der Waals surface area contributed by atoms with Crippen molar-refractivity contribution < 1.29 is 0 Å². The van der Waals surface area contributed by atoms with Gasteiger partial charge in [0.05, 0.1) is 17.8 Å². The fourth-order valence-electron chi connectivity index (χ4n) is 3.10. The van der Waals surface area contributed by atoms with Gasteiger partial charge in [-0.3, -0.25) is 9.69 Å². The highest BCUT2D eigenvalue weighted by atomic mass is 16.1. The highest BCUT2D eigenvalue weighted by Gasteiger charge is 2.22. The van der Waals surface area contributed by atoms with Crippen LogP contribution in [0.1, 0.15) is 17.1 Å². The molecule has 6 heteroatoms. The van der Waals surface area contributed by atoms with Crippen molar-refractivity contribution in [3.05, 3.63) is 70.2 Å². The van der Waals surface area contributed by atoms with Gasteiger partial charge in [0.2, 0.25) is 0 Å². The quantitative estimate of drug-likeness (QED) is 0.798. The highest BCUT2D eigenvalue weighted by Crippen LogP contribution is 2.19. The van der Waals surface area contributed by atoms with E-state index in [9.17, 15) is 4.79 Å². The topological polar surface area (TPSA) is 66.8 Å². The third kappa shape index (κ3) is 2.76. The van der Waals surface area contributed by atoms with Gasteiger partial charge in [-0.1, -0.05) is 30.3 Å². The Morgan fingerprint density at radius 3 is 2.83 bits per heavy atom. The molecular formula is C18H19N5O. The van der Waals surface area contributed by atoms with E-state index < -0.39 is 0 Å². The second-order valence-corrected chi connectivity index (χ2v) is 6.12. The molecule has 0 spiro atoms. The van der Waals surface area contributed by atoms with E-state index in [0.29, 0.717) is 12.4 Å². The number of rotatable bonds is 3. The van der Waals surface area contributed by atoms with Crippen molar-refractivity contribution in [2.24, 2.45) is 7.05 Å². The summed E-state index contributed by atoms with van der Waals surface area (Å²) in [5.41, 5.74) is 2.58. The first-order chi connectivity index (χ1) is 11.7. The number of aromatic amines is 1. The number of H-pyrrole nitrogens is 1. The van der Waals surface area contributed by atoms with Gasteiger partial charge < -0.3 is 9.55 Å². The molecule has 0 amide bonds. The Hall–Kier alpha value is -2.73. The van der Waals surface area contributed by atoms with E-state index in [0.717, 1.165) is 42.2 Å². The van der Waals surface area contributed by atoms with Crippen LogP contribution < -0.4 is 5.56 Å². The number of nitrogens with one attached hydrogen (secondary N) is 1. The van der Waals surface area contributed by atoms with Gasteiger partial charge in [0.25, 0.3) is 5.56 Å². The zero-order valence-electron chi connectivity index (χ0n) is 13.6. The normalized spacial score (nSPS) is 14.5. The van der Waals surface area contributed by atoms with Crippen LogP contribution in [0.25, 0.3) is 11.4 Å². The van der Waals surface area contributed by atoms with E-state index >= 15 is 0 Å². The molecule has 3 aromatic rings. The molecule has 0 saturated heterocycles. The van der Waals surface area contributed by atoms with Gasteiger partial charge in [0.15, 0.2) is 0 Å². The van der Waals surface area contributed by atoms with Crippen molar-refractivity contribution in [3.63, 3.8) is 0 Å². The molecule has 0 aliphatic carbocycles. The lowest BCUT2D eigenvalue weighted by molar-refractivity contribution is 0.233. The molecule has 1 N–H and O–H groups in total. The Morgan fingerprint density at radius 1 is 1.25 bits per heavy atom. The number of aryl methyl sites for hydroxylation is 1. The molecule has 0 radical (unpaired) electrons. The molecule has 6 nitrogen and oxygen atoms in total. The Morgan fingerprint density at radius 2 is 2.08 bits per heavy atom. The summed E-state index contributed by atoms with van der Waals surface area (Å²) in [5, 5.41) is 0. The van der Waals surface area contributed by atoms with Crippen LogP contribution in [-0.2, 0) is 26.6 Å². The molecular weight excluding hydrogens is 302 g/mol. The summed E-state index contributed by atoms with van der Waals surface area (Å²) in [6.45, 7) is 2.23. The largest absolute Gasteiger partial charge is 0.337 e. The fraction of sp³-hybridized carbons (Fsp3) is 0.278. The van der Waals surface area contributed by atoms with Crippen molar-refractivity contribution in [2.45, 2.75) is 19.5 Å². The zero-order valence-corrected chi connectivity index (χ0v) is 13.6. The molecule has 0 saturated carbocycles. The minimum atomic E-state index is -0.0385. The molecule has 4 rings (SSSR count). The van der Waals surface area contributed by atoms with E-state index in [1.807, 2.05) is 48.1 Å². The number of imidazole rings is 1. The van der Waals surface area contributed by atoms with Gasteiger partial charge in [-0.25, -0.2) is 9.97 Å². The number of benzene rings is 1. The van der Waals surface area contributed by atoms with E-state index in [2.05, 4.69) is 14.9 Å². The molecule has 122 valence electrons. The smallest absolute Gasteiger partial charge is 0.255 e. The third-order valence-electron chi connectivity index (χ3n) is 4.48. The SMILES string of the molecule is Cn1ccnc1CN1CCc2nc(-c3ccccc3)[nH]c(=O)c2C1. The van der Waals surface area contributed by atoms with Crippen molar-refractivity contribution >= 4 is 0 Å². The Bertz CT molecular complexity index is 913. The van der Waals surface area contributed by atoms with Gasteiger partial charge in [0.1, 0.15) is 11.6 Å². The summed E-state index contributed by atoms with van der Waals surface area (Å²) in [6, 6.07) is 9.77. The number of nitrogens with zero attached hydrogens (tertiary/aromatic N) is 4. The average Bonchev–Trinajstić information content (AvgIpc) is 3.01. The molecule has 24 heavy (non-hydrogen) atoms. The predicted molar refractivity (Wildman–Crippen MR) is 91.3 cm³/mol. The minimum Gasteiger partial charge on any atom is -0.337 e. The first-order valence-electron chi connectivity index (χ1n) is 8.07. The van der Waals surface area contributed by atoms with Gasteiger partial charge in [-0.05, 0) is 0 Å². The van der Waals surface area contributed by atoms with Crippen LogP contribution in [0.15, 0.2) is 47.5 Å². The lowest BCUT2D eigenvalue weighted by atomic mass is 10.1. The van der Waals surface area contributed by atoms with Gasteiger partial charge in [-0.2, -0.15) is 0 Å². The fourth-order valence-corrected chi connectivity index (χ4v) is 3.10. The van der Waals surface area contributed by atoms with E-state index in [4.69, 9.17) is 4.98 Å². The van der Waals surface area contributed by atoms with Crippen molar-refractivity contribution in [2.75, 3.05) is 6.54 Å². The highest BCUT2D eigenvalue weighted by molar-refractivity contribution is 5.54. The lowest BCUT2D eigenvalue weighted by Gasteiger charge is -2.27. The summed E-state index contributed by atoms with van der Waals surface area (Å²) < 4.78 is 2.01. The maximum Gasteiger partial charge on any atom is 0.255 e. The van der Waals surface area contributed by atoms with Crippen molar-refractivity contribution in [1.82, 2.24) is 24.4 Å². The average molecular weight is 321 g/mol. The summed E-state index contributed by atoms with van der Waals surface area (Å²) in [6.07, 6.45) is 4.52. The molecule has 0 bridgehead atoms. The number of hydrogen-bond donors (Lipinski definition) is 1. The van der Waals surface area contributed by atoms with Crippen LogP contribution in [0.4, 0.5) is 0 Å². The number of aromatic nitrogens is 4. The molecule has 1 aliphatic heterocycles. The van der Waals surface area contributed by atoms with E-state index in [-0.39, 0.29) is 5.56 Å². The van der Waals surface area contributed by atoms with Gasteiger partial charge >= 0.3 is 0 Å². The van der Waals surface area contributed by atoms with Crippen LogP contribution in [0.3, 0.4) is 0 Å². The molecule has 2 aromatic heterocycles. The number of hydrogen-bond acceptors (Lipinski definition) is 4. The van der Waals surface area contributed by atoms with Crippen molar-refractivity contribution in [3.8, 4) is 11.4 Å². The molecule has 1 aliphatic rings. The standard InChI is InChI=1S/C18H19N5O/c1-22-10-8-19-16(22)12-23-9-7-15-14(11-23)18(24)21-17(20-15)13-5-3-2-4-6-13/h2-6,8,10H,7,9,11-12H2,1H3,(H,20,21,24). The summed E-state index contributed by atoms with van der Waals surface area (Å²) in [5.74, 6) is 1.65. The van der Waals surface area contributed by atoms with Crippen molar-refractivity contribution in [1.29, 1.82) is 0 Å².